The van der Waals surface area contributed by atoms with E-state index in [1.165, 1.54) is 6.07 Å². The molecule has 32 heavy (non-hydrogen) atoms. The molecule has 0 saturated carbocycles. The molecule has 0 bridgehead atoms. The molecular formula is C25H22Cl2FN3O. The molecule has 7 heteroatoms. The average molecular weight is 470 g/mol. The Hall–Kier alpha value is -2.89. The highest BCUT2D eigenvalue weighted by molar-refractivity contribution is 6.31. The van der Waals surface area contributed by atoms with Gasteiger partial charge in [0, 0.05) is 28.6 Å². The van der Waals surface area contributed by atoms with Gasteiger partial charge in [0.15, 0.2) is 0 Å². The normalized spacial score (nSPS) is 11.1. The Bertz CT molecular complexity index is 1230. The van der Waals surface area contributed by atoms with Gasteiger partial charge in [0.05, 0.1) is 24.0 Å². The first-order chi connectivity index (χ1) is 15.5. The van der Waals surface area contributed by atoms with Crippen molar-refractivity contribution in [2.75, 3.05) is 6.54 Å². The van der Waals surface area contributed by atoms with E-state index in [0.717, 1.165) is 22.4 Å². The first-order valence-electron chi connectivity index (χ1n) is 10.4. The molecule has 1 amide bonds. The van der Waals surface area contributed by atoms with E-state index in [4.69, 9.17) is 28.2 Å². The van der Waals surface area contributed by atoms with Gasteiger partial charge < -0.3 is 9.88 Å². The van der Waals surface area contributed by atoms with Crippen LogP contribution < -0.4 is 5.32 Å². The summed E-state index contributed by atoms with van der Waals surface area (Å²) < 4.78 is 16.4. The predicted molar refractivity (Wildman–Crippen MR) is 127 cm³/mol. The average Bonchev–Trinajstić information content (AvgIpc) is 3.13. The van der Waals surface area contributed by atoms with Crippen LogP contribution in [-0.2, 0) is 24.2 Å². The highest BCUT2D eigenvalue weighted by Crippen LogP contribution is 2.24. The SMILES string of the molecule is O=C(Cc1ccccc1Cl)NCCCc1nc2ccccc2n1Cc1c(F)cccc1Cl. The Labute approximate surface area is 196 Å². The van der Waals surface area contributed by atoms with Crippen molar-refractivity contribution in [1.82, 2.24) is 14.9 Å². The van der Waals surface area contributed by atoms with Crippen molar-refractivity contribution in [1.29, 1.82) is 0 Å². The number of nitrogens with one attached hydrogen (secondary N) is 1. The number of aryl methyl sites for hydroxylation is 1. The number of hydrogen-bond donors (Lipinski definition) is 1. The van der Waals surface area contributed by atoms with Crippen LogP contribution in [0.3, 0.4) is 0 Å². The van der Waals surface area contributed by atoms with E-state index in [2.05, 4.69) is 5.32 Å². The summed E-state index contributed by atoms with van der Waals surface area (Å²) in [6.07, 6.45) is 1.57. The number of nitrogens with zero attached hydrogens (tertiary/aromatic N) is 2. The second kappa shape index (κ2) is 10.2. The fourth-order valence-electron chi connectivity index (χ4n) is 3.69. The van der Waals surface area contributed by atoms with Gasteiger partial charge in [-0.25, -0.2) is 9.37 Å². The van der Waals surface area contributed by atoms with Crippen molar-refractivity contribution in [3.63, 3.8) is 0 Å². The standard InChI is InChI=1S/C25H22Cl2FN3O/c26-19-8-2-1-7-17(19)15-25(32)29-14-6-13-24-30-22-11-3-4-12-23(22)31(24)16-18-20(27)9-5-10-21(18)28/h1-5,7-12H,6,13-16H2,(H,29,32). The molecule has 4 rings (SSSR count). The molecule has 0 aliphatic heterocycles. The smallest absolute Gasteiger partial charge is 0.224 e. The van der Waals surface area contributed by atoms with Crippen LogP contribution >= 0.6 is 23.2 Å². The summed E-state index contributed by atoms with van der Waals surface area (Å²) in [5.74, 6) is 0.406. The molecule has 1 aromatic heterocycles. The van der Waals surface area contributed by atoms with Gasteiger partial charge >= 0.3 is 0 Å². The number of carbonyl (C=O) groups is 1. The maximum atomic E-state index is 14.4. The van der Waals surface area contributed by atoms with Gasteiger partial charge in [-0.05, 0) is 42.3 Å². The summed E-state index contributed by atoms with van der Waals surface area (Å²) in [5.41, 5.74) is 3.00. The molecular weight excluding hydrogens is 448 g/mol. The van der Waals surface area contributed by atoms with E-state index < -0.39 is 0 Å². The molecule has 4 aromatic rings. The fourth-order valence-corrected chi connectivity index (χ4v) is 4.11. The van der Waals surface area contributed by atoms with Gasteiger partial charge in [0.2, 0.25) is 5.91 Å². The second-order valence-electron chi connectivity index (χ2n) is 7.52. The zero-order chi connectivity index (χ0) is 22.5. The second-order valence-corrected chi connectivity index (χ2v) is 8.34. The minimum Gasteiger partial charge on any atom is -0.356 e. The van der Waals surface area contributed by atoms with Crippen molar-refractivity contribution in [2.24, 2.45) is 0 Å². The van der Waals surface area contributed by atoms with Gasteiger partial charge in [0.25, 0.3) is 0 Å². The highest BCUT2D eigenvalue weighted by atomic mass is 35.5. The molecule has 0 unspecified atom stereocenters. The molecule has 0 spiro atoms. The highest BCUT2D eigenvalue weighted by Gasteiger charge is 2.15. The van der Waals surface area contributed by atoms with Gasteiger partial charge in [-0.15, -0.1) is 0 Å². The number of fused-ring (bicyclic) bond motifs is 1. The van der Waals surface area contributed by atoms with E-state index in [0.29, 0.717) is 41.5 Å². The number of aromatic nitrogens is 2. The topological polar surface area (TPSA) is 46.9 Å². The Morgan fingerprint density at radius 1 is 0.969 bits per heavy atom. The molecule has 0 atom stereocenters. The van der Waals surface area contributed by atoms with E-state index >= 15 is 0 Å². The van der Waals surface area contributed by atoms with E-state index in [9.17, 15) is 9.18 Å². The third-order valence-electron chi connectivity index (χ3n) is 5.32. The Balaban J connectivity index is 1.43. The largest absolute Gasteiger partial charge is 0.356 e. The van der Waals surface area contributed by atoms with Crippen molar-refractivity contribution in [2.45, 2.75) is 25.8 Å². The molecule has 0 fully saturated rings. The van der Waals surface area contributed by atoms with E-state index in [1.54, 1.807) is 18.2 Å². The molecule has 3 aromatic carbocycles. The lowest BCUT2D eigenvalue weighted by Gasteiger charge is -2.12. The molecule has 0 aliphatic rings. The van der Waals surface area contributed by atoms with Crippen LogP contribution in [0.15, 0.2) is 66.7 Å². The first-order valence-corrected chi connectivity index (χ1v) is 11.2. The van der Waals surface area contributed by atoms with Crippen molar-refractivity contribution in [3.8, 4) is 0 Å². The van der Waals surface area contributed by atoms with Crippen LogP contribution in [-0.4, -0.2) is 22.0 Å². The zero-order valence-electron chi connectivity index (χ0n) is 17.3. The molecule has 4 nitrogen and oxygen atoms in total. The summed E-state index contributed by atoms with van der Waals surface area (Å²) in [6, 6.07) is 19.8. The van der Waals surface area contributed by atoms with Crippen molar-refractivity contribution < 1.29 is 9.18 Å². The zero-order valence-corrected chi connectivity index (χ0v) is 18.8. The van der Waals surface area contributed by atoms with Crippen LogP contribution in [0, 0.1) is 5.82 Å². The molecule has 0 saturated heterocycles. The number of para-hydroxylation sites is 2. The lowest BCUT2D eigenvalue weighted by atomic mass is 10.1. The monoisotopic (exact) mass is 469 g/mol. The molecule has 0 aliphatic carbocycles. The van der Waals surface area contributed by atoms with Crippen LogP contribution in [0.5, 0.6) is 0 Å². The number of benzene rings is 3. The van der Waals surface area contributed by atoms with E-state index in [1.807, 2.05) is 47.0 Å². The first kappa shape index (κ1) is 22.3. The summed E-state index contributed by atoms with van der Waals surface area (Å²) in [4.78, 5) is 17.0. The van der Waals surface area contributed by atoms with Crippen LogP contribution in [0.4, 0.5) is 4.39 Å². The van der Waals surface area contributed by atoms with Crippen LogP contribution in [0.1, 0.15) is 23.4 Å². The molecule has 1 heterocycles. The van der Waals surface area contributed by atoms with Gasteiger partial charge in [0.1, 0.15) is 11.6 Å². The third-order valence-corrected chi connectivity index (χ3v) is 6.04. The van der Waals surface area contributed by atoms with Crippen LogP contribution in [0.25, 0.3) is 11.0 Å². The summed E-state index contributed by atoms with van der Waals surface area (Å²) in [7, 11) is 0. The Kier molecular flexibility index (Phi) is 7.08. The number of hydrogen-bond acceptors (Lipinski definition) is 2. The Morgan fingerprint density at radius 3 is 2.53 bits per heavy atom. The minimum atomic E-state index is -0.340. The summed E-state index contributed by atoms with van der Waals surface area (Å²) in [6.45, 7) is 0.799. The van der Waals surface area contributed by atoms with Gasteiger partial charge in [-0.3, -0.25) is 4.79 Å². The quantitative estimate of drug-likeness (QED) is 0.330. The number of imidazole rings is 1. The molecule has 164 valence electrons. The maximum Gasteiger partial charge on any atom is 0.224 e. The lowest BCUT2D eigenvalue weighted by molar-refractivity contribution is -0.120. The molecule has 1 N–H and O–H groups in total. The van der Waals surface area contributed by atoms with Gasteiger partial charge in [-0.1, -0.05) is 59.6 Å². The predicted octanol–water partition coefficient (Wildman–Crippen LogP) is 5.82. The maximum absolute atomic E-state index is 14.4. The number of halogens is 3. The summed E-state index contributed by atoms with van der Waals surface area (Å²) >= 11 is 12.4. The summed E-state index contributed by atoms with van der Waals surface area (Å²) in [5, 5.41) is 3.91. The van der Waals surface area contributed by atoms with Crippen molar-refractivity contribution >= 4 is 40.1 Å². The Morgan fingerprint density at radius 2 is 1.72 bits per heavy atom. The number of rotatable bonds is 8. The fraction of sp³-hybridized carbons (Fsp3) is 0.200. The van der Waals surface area contributed by atoms with Crippen molar-refractivity contribution in [3.05, 3.63) is 99.5 Å². The van der Waals surface area contributed by atoms with E-state index in [-0.39, 0.29) is 18.1 Å². The minimum absolute atomic E-state index is 0.0789. The van der Waals surface area contributed by atoms with Gasteiger partial charge in [-0.2, -0.15) is 0 Å². The lowest BCUT2D eigenvalue weighted by Crippen LogP contribution is -2.26. The number of carbonyl (C=O) groups excluding carboxylic acids is 1. The number of amides is 1. The molecule has 0 radical (unpaired) electrons. The third kappa shape index (κ3) is 5.12. The van der Waals surface area contributed by atoms with Crippen LogP contribution in [0.2, 0.25) is 10.0 Å².